The third-order valence-electron chi connectivity index (χ3n) is 4.32. The molecule has 0 bridgehead atoms. The molecule has 0 unspecified atom stereocenters. The van der Waals surface area contributed by atoms with E-state index < -0.39 is 0 Å². The molecule has 26 heavy (non-hydrogen) atoms. The van der Waals surface area contributed by atoms with Crippen LogP contribution in [0.1, 0.15) is 37.3 Å². The van der Waals surface area contributed by atoms with Crippen molar-refractivity contribution < 1.29 is 19.1 Å². The number of amides is 3. The van der Waals surface area contributed by atoms with Gasteiger partial charge in [-0.1, -0.05) is 29.8 Å². The van der Waals surface area contributed by atoms with Crippen LogP contribution in [0, 0.1) is 6.92 Å². The molecule has 1 aromatic rings. The number of carbonyl (C=O) groups excluding carboxylic acids is 3. The Morgan fingerprint density at radius 1 is 1.12 bits per heavy atom. The Bertz CT molecular complexity index is 622. The van der Waals surface area contributed by atoms with Gasteiger partial charge < -0.3 is 20.3 Å². The lowest BCUT2D eigenvalue weighted by Crippen LogP contribution is -2.47. The highest BCUT2D eigenvalue weighted by Gasteiger charge is 2.24. The summed E-state index contributed by atoms with van der Waals surface area (Å²) in [4.78, 5) is 37.2. The second-order valence-corrected chi connectivity index (χ2v) is 6.47. The quantitative estimate of drug-likeness (QED) is 0.756. The van der Waals surface area contributed by atoms with Crippen LogP contribution in [0.3, 0.4) is 0 Å². The summed E-state index contributed by atoms with van der Waals surface area (Å²) >= 11 is 0. The van der Waals surface area contributed by atoms with Gasteiger partial charge in [-0.25, -0.2) is 4.79 Å². The molecular weight excluding hydrogens is 334 g/mol. The molecule has 0 atom stereocenters. The maximum Gasteiger partial charge on any atom is 0.409 e. The van der Waals surface area contributed by atoms with E-state index in [0.29, 0.717) is 39.1 Å². The summed E-state index contributed by atoms with van der Waals surface area (Å²) in [5.74, 6) is -0.590. The number of nitrogens with one attached hydrogen (secondary N) is 2. The maximum atomic E-state index is 12.0. The number of likely N-dealkylation sites (tertiary alicyclic amines) is 1. The minimum absolute atomic E-state index is 0.0157. The maximum absolute atomic E-state index is 12.0. The van der Waals surface area contributed by atoms with Gasteiger partial charge in [0.25, 0.3) is 0 Å². The number of piperidine rings is 1. The van der Waals surface area contributed by atoms with E-state index in [2.05, 4.69) is 10.6 Å². The second kappa shape index (κ2) is 9.79. The van der Waals surface area contributed by atoms with E-state index in [-0.39, 0.29) is 30.4 Å². The van der Waals surface area contributed by atoms with E-state index in [1.807, 2.05) is 31.2 Å². The van der Waals surface area contributed by atoms with Crippen molar-refractivity contribution in [1.29, 1.82) is 0 Å². The average Bonchev–Trinajstić information content (AvgIpc) is 2.62. The van der Waals surface area contributed by atoms with Gasteiger partial charge >= 0.3 is 6.09 Å². The van der Waals surface area contributed by atoms with E-state index in [1.54, 1.807) is 11.8 Å². The van der Waals surface area contributed by atoms with Crippen LogP contribution in [0.2, 0.25) is 0 Å². The van der Waals surface area contributed by atoms with Crippen molar-refractivity contribution in [1.82, 2.24) is 15.5 Å². The minimum atomic E-state index is -0.312. The molecule has 0 aromatic heterocycles. The van der Waals surface area contributed by atoms with Crippen molar-refractivity contribution >= 4 is 17.9 Å². The number of benzene rings is 1. The van der Waals surface area contributed by atoms with Crippen molar-refractivity contribution in [2.75, 3.05) is 19.7 Å². The van der Waals surface area contributed by atoms with Gasteiger partial charge in [-0.3, -0.25) is 9.59 Å². The first-order valence-corrected chi connectivity index (χ1v) is 9.01. The molecule has 1 heterocycles. The molecule has 1 aliphatic heterocycles. The molecule has 1 aliphatic rings. The largest absolute Gasteiger partial charge is 0.450 e. The average molecular weight is 361 g/mol. The Kier molecular flexibility index (Phi) is 7.44. The Morgan fingerprint density at radius 3 is 2.38 bits per heavy atom. The van der Waals surface area contributed by atoms with Crippen LogP contribution < -0.4 is 10.6 Å². The topological polar surface area (TPSA) is 87.7 Å². The number of carbonyl (C=O) groups is 3. The van der Waals surface area contributed by atoms with Crippen LogP contribution in [0.4, 0.5) is 4.79 Å². The minimum Gasteiger partial charge on any atom is -0.450 e. The predicted octanol–water partition coefficient (Wildman–Crippen LogP) is 1.74. The van der Waals surface area contributed by atoms with Crippen LogP contribution in [-0.2, 0) is 20.9 Å². The number of ether oxygens (including phenoxy) is 1. The van der Waals surface area contributed by atoms with Crippen LogP contribution >= 0.6 is 0 Å². The summed E-state index contributed by atoms with van der Waals surface area (Å²) < 4.78 is 4.97. The number of hydrogen-bond acceptors (Lipinski definition) is 4. The highest BCUT2D eigenvalue weighted by Crippen LogP contribution is 2.11. The van der Waals surface area contributed by atoms with Crippen LogP contribution in [-0.4, -0.2) is 48.5 Å². The summed E-state index contributed by atoms with van der Waals surface area (Å²) in [5.41, 5.74) is 2.16. The molecule has 142 valence electrons. The van der Waals surface area contributed by atoms with Crippen LogP contribution in [0.25, 0.3) is 0 Å². The van der Waals surface area contributed by atoms with Gasteiger partial charge in [-0.05, 0) is 32.3 Å². The fourth-order valence-corrected chi connectivity index (χ4v) is 2.81. The first-order valence-electron chi connectivity index (χ1n) is 9.01. The Labute approximate surface area is 154 Å². The van der Waals surface area contributed by atoms with E-state index in [0.717, 1.165) is 11.1 Å². The summed E-state index contributed by atoms with van der Waals surface area (Å²) in [6, 6.07) is 7.85. The van der Waals surface area contributed by atoms with Gasteiger partial charge in [0.15, 0.2) is 0 Å². The van der Waals surface area contributed by atoms with Crippen LogP contribution in [0.15, 0.2) is 24.3 Å². The molecule has 2 rings (SSSR count). The Hall–Kier alpha value is -2.57. The van der Waals surface area contributed by atoms with E-state index in [9.17, 15) is 14.4 Å². The zero-order valence-electron chi connectivity index (χ0n) is 15.4. The standard InChI is InChI=1S/C19H27N3O4/c1-3-26-19(25)22-10-8-16(9-11-22)21-18(24)12-17(23)20-13-15-6-4-14(2)5-7-15/h4-7,16H,3,8-13H2,1-2H3,(H,20,23)(H,21,24). The highest BCUT2D eigenvalue weighted by atomic mass is 16.6. The van der Waals surface area contributed by atoms with Crippen molar-refractivity contribution in [3.05, 3.63) is 35.4 Å². The normalized spacial score (nSPS) is 14.6. The SMILES string of the molecule is CCOC(=O)N1CCC(NC(=O)CC(=O)NCc2ccc(C)cc2)CC1. The molecule has 0 aliphatic carbocycles. The summed E-state index contributed by atoms with van der Waals surface area (Å²) in [5, 5.41) is 5.62. The first kappa shape index (κ1) is 19.8. The van der Waals surface area contributed by atoms with E-state index >= 15 is 0 Å². The number of nitrogens with zero attached hydrogens (tertiary/aromatic N) is 1. The van der Waals surface area contributed by atoms with Crippen molar-refractivity contribution in [2.24, 2.45) is 0 Å². The van der Waals surface area contributed by atoms with Crippen molar-refractivity contribution in [3.8, 4) is 0 Å². The Morgan fingerprint density at radius 2 is 1.77 bits per heavy atom. The van der Waals surface area contributed by atoms with Gasteiger partial charge in [0.1, 0.15) is 6.42 Å². The fraction of sp³-hybridized carbons (Fsp3) is 0.526. The summed E-state index contributed by atoms with van der Waals surface area (Å²) in [6.45, 7) is 5.63. The molecule has 1 aromatic carbocycles. The molecule has 2 N–H and O–H groups in total. The molecule has 0 radical (unpaired) electrons. The smallest absolute Gasteiger partial charge is 0.409 e. The number of rotatable bonds is 6. The monoisotopic (exact) mass is 361 g/mol. The van der Waals surface area contributed by atoms with Gasteiger partial charge in [0.2, 0.25) is 11.8 Å². The Balaban J connectivity index is 1.66. The third kappa shape index (κ3) is 6.38. The molecule has 7 heteroatoms. The fourth-order valence-electron chi connectivity index (χ4n) is 2.81. The van der Waals surface area contributed by atoms with Gasteiger partial charge in [-0.15, -0.1) is 0 Å². The lowest BCUT2D eigenvalue weighted by atomic mass is 10.1. The molecule has 1 fully saturated rings. The summed E-state index contributed by atoms with van der Waals surface area (Å²) in [7, 11) is 0. The highest BCUT2D eigenvalue weighted by molar-refractivity contribution is 5.96. The van der Waals surface area contributed by atoms with Gasteiger partial charge in [-0.2, -0.15) is 0 Å². The van der Waals surface area contributed by atoms with Crippen LogP contribution in [0.5, 0.6) is 0 Å². The van der Waals surface area contributed by atoms with Gasteiger partial charge in [0.05, 0.1) is 6.61 Å². The van der Waals surface area contributed by atoms with Gasteiger partial charge in [0, 0.05) is 25.7 Å². The third-order valence-corrected chi connectivity index (χ3v) is 4.32. The molecular formula is C19H27N3O4. The van der Waals surface area contributed by atoms with E-state index in [1.165, 1.54) is 0 Å². The molecule has 3 amide bonds. The number of hydrogen-bond donors (Lipinski definition) is 2. The van der Waals surface area contributed by atoms with Crippen molar-refractivity contribution in [2.45, 2.75) is 45.7 Å². The molecule has 0 saturated carbocycles. The lowest BCUT2D eigenvalue weighted by molar-refractivity contribution is -0.129. The zero-order chi connectivity index (χ0) is 18.9. The number of aryl methyl sites for hydroxylation is 1. The van der Waals surface area contributed by atoms with Crippen molar-refractivity contribution in [3.63, 3.8) is 0 Å². The summed E-state index contributed by atoms with van der Waals surface area (Å²) in [6.07, 6.45) is 0.822. The lowest BCUT2D eigenvalue weighted by Gasteiger charge is -2.31. The van der Waals surface area contributed by atoms with E-state index in [4.69, 9.17) is 4.74 Å². The molecule has 0 spiro atoms. The zero-order valence-corrected chi connectivity index (χ0v) is 15.4. The second-order valence-electron chi connectivity index (χ2n) is 6.47. The molecule has 1 saturated heterocycles. The molecule has 7 nitrogen and oxygen atoms in total. The first-order chi connectivity index (χ1) is 12.5. The predicted molar refractivity (Wildman–Crippen MR) is 97.4 cm³/mol.